The fourth-order valence-corrected chi connectivity index (χ4v) is 4.42. The highest BCUT2D eigenvalue weighted by Crippen LogP contribution is 2.31. The summed E-state index contributed by atoms with van der Waals surface area (Å²) in [5, 5.41) is 13.7. The molecule has 0 heterocycles. The monoisotopic (exact) mass is 564 g/mol. The SMILES string of the molecule is COCCCOc1cc(CC(CC(N)C(O)CNC(=O)C(C)(C)c2ccc(C)cc2)C(C)C)ccc1OC.Cl. The summed E-state index contributed by atoms with van der Waals surface area (Å²) in [6.45, 7) is 11.4. The summed E-state index contributed by atoms with van der Waals surface area (Å²) >= 11 is 0. The summed E-state index contributed by atoms with van der Waals surface area (Å²) in [5.74, 6) is 1.88. The van der Waals surface area contributed by atoms with Crippen LogP contribution in [0.4, 0.5) is 0 Å². The Bertz CT molecular complexity index is 997. The quantitative estimate of drug-likeness (QED) is 0.252. The van der Waals surface area contributed by atoms with Crippen LogP contribution in [0.3, 0.4) is 0 Å². The molecule has 8 heteroatoms. The summed E-state index contributed by atoms with van der Waals surface area (Å²) in [5.41, 5.74) is 8.93. The van der Waals surface area contributed by atoms with Gasteiger partial charge in [-0.15, -0.1) is 12.4 Å². The smallest absolute Gasteiger partial charge is 0.230 e. The number of halogens is 1. The van der Waals surface area contributed by atoms with Crippen molar-refractivity contribution in [1.29, 1.82) is 0 Å². The molecule has 2 rings (SSSR count). The maximum atomic E-state index is 13.0. The Labute approximate surface area is 241 Å². The van der Waals surface area contributed by atoms with Crippen molar-refractivity contribution in [3.05, 3.63) is 59.2 Å². The van der Waals surface area contributed by atoms with Gasteiger partial charge in [0.15, 0.2) is 11.5 Å². The Hall–Kier alpha value is -2.32. The molecule has 0 aliphatic carbocycles. The van der Waals surface area contributed by atoms with Crippen LogP contribution >= 0.6 is 12.4 Å². The van der Waals surface area contributed by atoms with Crippen LogP contribution in [0.1, 0.15) is 57.2 Å². The second-order valence-corrected chi connectivity index (χ2v) is 11.1. The second-order valence-electron chi connectivity index (χ2n) is 11.1. The average Bonchev–Trinajstić information content (AvgIpc) is 2.89. The van der Waals surface area contributed by atoms with Gasteiger partial charge in [-0.25, -0.2) is 0 Å². The van der Waals surface area contributed by atoms with E-state index >= 15 is 0 Å². The number of carbonyl (C=O) groups is 1. The molecule has 39 heavy (non-hydrogen) atoms. The first kappa shape index (κ1) is 34.7. The lowest BCUT2D eigenvalue weighted by molar-refractivity contribution is -0.126. The van der Waals surface area contributed by atoms with Crippen molar-refractivity contribution >= 4 is 18.3 Å². The number of aliphatic hydroxyl groups is 1. The molecular formula is C31H49ClN2O5. The summed E-state index contributed by atoms with van der Waals surface area (Å²) in [4.78, 5) is 13.0. The zero-order valence-corrected chi connectivity index (χ0v) is 25.5. The van der Waals surface area contributed by atoms with Crippen molar-refractivity contribution in [3.63, 3.8) is 0 Å². The van der Waals surface area contributed by atoms with Gasteiger partial charge in [0.05, 0.1) is 25.2 Å². The van der Waals surface area contributed by atoms with Crippen molar-refractivity contribution in [2.24, 2.45) is 17.6 Å². The highest BCUT2D eigenvalue weighted by Gasteiger charge is 2.31. The Balaban J connectivity index is 0.00000760. The molecule has 0 radical (unpaired) electrons. The molecule has 0 saturated carbocycles. The van der Waals surface area contributed by atoms with Crippen molar-refractivity contribution in [3.8, 4) is 11.5 Å². The zero-order chi connectivity index (χ0) is 28.3. The van der Waals surface area contributed by atoms with E-state index in [1.54, 1.807) is 14.2 Å². The number of hydrogen-bond donors (Lipinski definition) is 3. The number of nitrogens with two attached hydrogens (primary N) is 1. The van der Waals surface area contributed by atoms with Gasteiger partial charge < -0.3 is 30.4 Å². The lowest BCUT2D eigenvalue weighted by Gasteiger charge is -2.29. The van der Waals surface area contributed by atoms with Crippen LogP contribution in [0.2, 0.25) is 0 Å². The number of amides is 1. The number of carbonyl (C=O) groups excluding carboxylic acids is 1. The second kappa shape index (κ2) is 16.7. The Morgan fingerprint density at radius 2 is 1.72 bits per heavy atom. The predicted octanol–water partition coefficient (Wildman–Crippen LogP) is 4.83. The maximum Gasteiger partial charge on any atom is 0.230 e. The topological polar surface area (TPSA) is 103 Å². The van der Waals surface area contributed by atoms with E-state index in [1.165, 1.54) is 0 Å². The van der Waals surface area contributed by atoms with Gasteiger partial charge in [-0.05, 0) is 68.7 Å². The number of rotatable bonds is 16. The number of nitrogens with one attached hydrogen (secondary N) is 1. The molecule has 2 aromatic rings. The molecule has 7 nitrogen and oxygen atoms in total. The molecule has 0 fully saturated rings. The third-order valence-corrected chi connectivity index (χ3v) is 7.30. The van der Waals surface area contributed by atoms with Crippen LogP contribution in [0, 0.1) is 18.8 Å². The number of aryl methyl sites for hydroxylation is 1. The van der Waals surface area contributed by atoms with Crippen molar-refractivity contribution < 1.29 is 24.1 Å². The molecular weight excluding hydrogens is 516 g/mol. The summed E-state index contributed by atoms with van der Waals surface area (Å²) < 4.78 is 16.5. The number of hydrogen-bond acceptors (Lipinski definition) is 6. The Morgan fingerprint density at radius 1 is 1.05 bits per heavy atom. The van der Waals surface area contributed by atoms with Gasteiger partial charge in [0.2, 0.25) is 5.91 Å². The maximum absolute atomic E-state index is 13.0. The van der Waals surface area contributed by atoms with E-state index < -0.39 is 17.6 Å². The van der Waals surface area contributed by atoms with Crippen LogP contribution < -0.4 is 20.5 Å². The normalized spacial score (nSPS) is 13.8. The van der Waals surface area contributed by atoms with Gasteiger partial charge in [-0.2, -0.15) is 0 Å². The summed E-state index contributed by atoms with van der Waals surface area (Å²) in [7, 11) is 3.31. The lowest BCUT2D eigenvalue weighted by Crippen LogP contribution is -2.48. The fraction of sp³-hybridized carbons (Fsp3) is 0.581. The van der Waals surface area contributed by atoms with Crippen molar-refractivity contribution in [1.82, 2.24) is 5.32 Å². The molecule has 3 unspecified atom stereocenters. The van der Waals surface area contributed by atoms with Crippen LogP contribution in [-0.2, 0) is 21.4 Å². The van der Waals surface area contributed by atoms with Gasteiger partial charge in [0.25, 0.3) is 0 Å². The molecule has 2 aromatic carbocycles. The molecule has 0 spiro atoms. The van der Waals surface area contributed by atoms with Gasteiger partial charge >= 0.3 is 0 Å². The number of methoxy groups -OCH3 is 2. The van der Waals surface area contributed by atoms with E-state index in [2.05, 4.69) is 19.2 Å². The van der Waals surface area contributed by atoms with E-state index in [4.69, 9.17) is 19.9 Å². The minimum atomic E-state index is -0.843. The average molecular weight is 565 g/mol. The first-order valence-corrected chi connectivity index (χ1v) is 13.6. The van der Waals surface area contributed by atoms with Crippen LogP contribution in [0.5, 0.6) is 11.5 Å². The van der Waals surface area contributed by atoms with Crippen LogP contribution in [-0.4, -0.2) is 57.1 Å². The third-order valence-electron chi connectivity index (χ3n) is 7.30. The first-order valence-electron chi connectivity index (χ1n) is 13.6. The fourth-order valence-electron chi connectivity index (χ4n) is 4.42. The summed E-state index contributed by atoms with van der Waals surface area (Å²) in [6, 6.07) is 13.5. The molecule has 0 bridgehead atoms. The predicted molar refractivity (Wildman–Crippen MR) is 160 cm³/mol. The van der Waals surface area contributed by atoms with E-state index in [1.807, 2.05) is 63.2 Å². The van der Waals surface area contributed by atoms with Gasteiger partial charge in [0.1, 0.15) is 0 Å². The lowest BCUT2D eigenvalue weighted by atomic mass is 9.82. The van der Waals surface area contributed by atoms with Gasteiger partial charge in [-0.3, -0.25) is 4.79 Å². The molecule has 220 valence electrons. The standard InChI is InChI=1S/C31H48N2O5.ClH/c1-21(2)24(17-23-11-14-28(37-7)29(18-23)38-16-8-15-36-6)19-26(32)27(34)20-33-30(35)31(4,5)25-12-9-22(3)10-13-25;/h9-14,18,21,24,26-27,34H,8,15-17,19-20,32H2,1-7H3,(H,33,35);1H. The molecule has 0 aliphatic rings. The van der Waals surface area contributed by atoms with E-state index in [-0.39, 0.29) is 30.8 Å². The molecule has 1 amide bonds. The van der Waals surface area contributed by atoms with Crippen molar-refractivity contribution in [2.75, 3.05) is 34.0 Å². The van der Waals surface area contributed by atoms with Gasteiger partial charge in [0, 0.05) is 32.7 Å². The zero-order valence-electron chi connectivity index (χ0n) is 24.7. The molecule has 3 atom stereocenters. The third kappa shape index (κ3) is 10.6. The van der Waals surface area contributed by atoms with E-state index in [0.717, 1.165) is 29.5 Å². The minimum absolute atomic E-state index is 0. The van der Waals surface area contributed by atoms with Gasteiger partial charge in [-0.1, -0.05) is 49.7 Å². The number of ether oxygens (including phenoxy) is 3. The van der Waals surface area contributed by atoms with E-state index in [0.29, 0.717) is 37.1 Å². The van der Waals surface area contributed by atoms with Crippen LogP contribution in [0.25, 0.3) is 0 Å². The molecule has 0 aliphatic heterocycles. The van der Waals surface area contributed by atoms with Crippen LogP contribution in [0.15, 0.2) is 42.5 Å². The minimum Gasteiger partial charge on any atom is -0.493 e. The Kier molecular flexibility index (Phi) is 14.9. The van der Waals surface area contributed by atoms with Crippen molar-refractivity contribution in [2.45, 2.75) is 71.4 Å². The molecule has 0 saturated heterocycles. The Morgan fingerprint density at radius 3 is 2.31 bits per heavy atom. The highest BCUT2D eigenvalue weighted by molar-refractivity contribution is 5.87. The summed E-state index contributed by atoms with van der Waals surface area (Å²) in [6.07, 6.45) is 1.38. The largest absolute Gasteiger partial charge is 0.493 e. The first-order chi connectivity index (χ1) is 18.0. The molecule has 0 aromatic heterocycles. The van der Waals surface area contributed by atoms with E-state index in [9.17, 15) is 9.90 Å². The molecule has 4 N–H and O–H groups in total. The number of benzene rings is 2. The highest BCUT2D eigenvalue weighted by atomic mass is 35.5. The number of aliphatic hydroxyl groups excluding tert-OH is 1.